The minimum atomic E-state index is -4.70. The Hall–Kier alpha value is -2.74. The lowest BCUT2D eigenvalue weighted by molar-refractivity contribution is -0.274. The molecule has 0 aliphatic rings. The quantitative estimate of drug-likeness (QED) is 0.621. The van der Waals surface area contributed by atoms with Gasteiger partial charge in [0.25, 0.3) is 0 Å². The summed E-state index contributed by atoms with van der Waals surface area (Å²) >= 11 is 0. The third kappa shape index (κ3) is 4.69. The third-order valence-corrected chi connectivity index (χ3v) is 2.49. The number of rotatable bonds is 2. The van der Waals surface area contributed by atoms with Crippen LogP contribution in [0.4, 0.5) is 13.2 Å². The predicted octanol–water partition coefficient (Wildman–Crippen LogP) is 3.80. The number of hydrogen-bond donors (Lipinski definition) is 0. The zero-order chi connectivity index (χ0) is 15.3. The lowest BCUT2D eigenvalue weighted by atomic mass is 10.1. The van der Waals surface area contributed by atoms with Crippen LogP contribution in [0.1, 0.15) is 21.5 Å². The maximum atomic E-state index is 12.0. The van der Waals surface area contributed by atoms with Gasteiger partial charge in [0.15, 0.2) is 0 Å². The van der Waals surface area contributed by atoms with Gasteiger partial charge in [-0.25, -0.2) is 0 Å². The van der Waals surface area contributed by atoms with Crippen molar-refractivity contribution in [2.75, 3.05) is 0 Å². The first kappa shape index (κ1) is 14.7. The smallest absolute Gasteiger partial charge is 0.406 e. The standard InChI is InChI=1S/C16H9F3O2/c17-16(18,19)21-15-9-7-13(8-10-15)2-1-12-3-5-14(11-20)6-4-12/h3-11H. The fraction of sp³-hybridized carbons (Fsp3) is 0.0625. The van der Waals surface area contributed by atoms with E-state index in [1.807, 2.05) is 0 Å². The summed E-state index contributed by atoms with van der Waals surface area (Å²) in [6.45, 7) is 0. The van der Waals surface area contributed by atoms with Gasteiger partial charge < -0.3 is 4.74 Å². The molecule has 5 heteroatoms. The molecule has 0 N–H and O–H groups in total. The molecule has 0 saturated heterocycles. The highest BCUT2D eigenvalue weighted by molar-refractivity contribution is 5.74. The Bertz CT molecular complexity index is 675. The van der Waals surface area contributed by atoms with E-state index in [2.05, 4.69) is 16.6 Å². The van der Waals surface area contributed by atoms with Crippen LogP contribution in [0.25, 0.3) is 0 Å². The van der Waals surface area contributed by atoms with Crippen LogP contribution >= 0.6 is 0 Å². The zero-order valence-electron chi connectivity index (χ0n) is 10.6. The van der Waals surface area contributed by atoms with Gasteiger partial charge in [0.1, 0.15) is 12.0 Å². The summed E-state index contributed by atoms with van der Waals surface area (Å²) in [5.74, 6) is 5.38. The van der Waals surface area contributed by atoms with E-state index in [4.69, 9.17) is 0 Å². The van der Waals surface area contributed by atoms with Crippen LogP contribution in [-0.4, -0.2) is 12.6 Å². The van der Waals surface area contributed by atoms with Crippen LogP contribution in [0, 0.1) is 11.8 Å². The van der Waals surface area contributed by atoms with Crippen LogP contribution in [0.2, 0.25) is 0 Å². The van der Waals surface area contributed by atoms with Gasteiger partial charge in [-0.2, -0.15) is 0 Å². The number of alkyl halides is 3. The van der Waals surface area contributed by atoms with E-state index in [0.29, 0.717) is 16.7 Å². The maximum absolute atomic E-state index is 12.0. The molecule has 2 aromatic rings. The van der Waals surface area contributed by atoms with Crippen LogP contribution in [0.15, 0.2) is 48.5 Å². The van der Waals surface area contributed by atoms with Crippen molar-refractivity contribution in [1.29, 1.82) is 0 Å². The van der Waals surface area contributed by atoms with E-state index in [-0.39, 0.29) is 5.75 Å². The second-order valence-electron chi connectivity index (χ2n) is 4.06. The Morgan fingerprint density at radius 3 is 1.76 bits per heavy atom. The summed E-state index contributed by atoms with van der Waals surface area (Å²) in [6, 6.07) is 11.9. The highest BCUT2D eigenvalue weighted by atomic mass is 19.4. The number of hydrogen-bond acceptors (Lipinski definition) is 2. The molecule has 0 bridgehead atoms. The number of ether oxygens (including phenoxy) is 1. The Morgan fingerprint density at radius 1 is 0.857 bits per heavy atom. The summed E-state index contributed by atoms with van der Waals surface area (Å²) in [6.07, 6.45) is -3.97. The highest BCUT2D eigenvalue weighted by Crippen LogP contribution is 2.22. The fourth-order valence-electron chi connectivity index (χ4n) is 1.53. The minimum Gasteiger partial charge on any atom is -0.406 e. The lowest BCUT2D eigenvalue weighted by Crippen LogP contribution is -2.16. The Morgan fingerprint density at radius 2 is 1.33 bits per heavy atom. The van der Waals surface area contributed by atoms with Gasteiger partial charge in [-0.3, -0.25) is 4.79 Å². The second kappa shape index (κ2) is 6.14. The fourth-order valence-corrected chi connectivity index (χ4v) is 1.53. The van der Waals surface area contributed by atoms with Crippen molar-refractivity contribution in [1.82, 2.24) is 0 Å². The molecule has 2 nitrogen and oxygen atoms in total. The van der Waals surface area contributed by atoms with E-state index in [9.17, 15) is 18.0 Å². The molecule has 0 heterocycles. The van der Waals surface area contributed by atoms with Crippen LogP contribution in [-0.2, 0) is 0 Å². The first-order valence-electron chi connectivity index (χ1n) is 5.89. The van der Waals surface area contributed by atoms with Crippen LogP contribution < -0.4 is 4.74 Å². The summed E-state index contributed by atoms with van der Waals surface area (Å²) in [5, 5.41) is 0. The van der Waals surface area contributed by atoms with E-state index in [1.54, 1.807) is 24.3 Å². The van der Waals surface area contributed by atoms with Crippen molar-refractivity contribution in [2.45, 2.75) is 6.36 Å². The highest BCUT2D eigenvalue weighted by Gasteiger charge is 2.30. The van der Waals surface area contributed by atoms with Gasteiger partial charge in [-0.15, -0.1) is 13.2 Å². The lowest BCUT2D eigenvalue weighted by Gasteiger charge is -2.07. The van der Waals surface area contributed by atoms with Crippen molar-refractivity contribution < 1.29 is 22.7 Å². The average molecular weight is 290 g/mol. The molecule has 0 saturated carbocycles. The van der Waals surface area contributed by atoms with Crippen LogP contribution in [0.3, 0.4) is 0 Å². The molecule has 0 unspecified atom stereocenters. The predicted molar refractivity (Wildman–Crippen MR) is 70.9 cm³/mol. The van der Waals surface area contributed by atoms with Gasteiger partial charge >= 0.3 is 6.36 Å². The van der Waals surface area contributed by atoms with Crippen LogP contribution in [0.5, 0.6) is 5.75 Å². The topological polar surface area (TPSA) is 26.3 Å². The molecule has 0 atom stereocenters. The van der Waals surface area contributed by atoms with Gasteiger partial charge in [0.2, 0.25) is 0 Å². The molecular formula is C16H9F3O2. The Labute approximate surface area is 119 Å². The molecule has 0 aromatic heterocycles. The minimum absolute atomic E-state index is 0.289. The van der Waals surface area contributed by atoms with Gasteiger partial charge in [-0.1, -0.05) is 24.0 Å². The van der Waals surface area contributed by atoms with E-state index in [0.717, 1.165) is 6.29 Å². The molecule has 2 aromatic carbocycles. The summed E-state index contributed by atoms with van der Waals surface area (Å²) in [4.78, 5) is 10.5. The largest absolute Gasteiger partial charge is 0.573 e. The maximum Gasteiger partial charge on any atom is 0.573 e. The van der Waals surface area contributed by atoms with E-state index < -0.39 is 6.36 Å². The third-order valence-electron chi connectivity index (χ3n) is 2.49. The number of halogens is 3. The second-order valence-corrected chi connectivity index (χ2v) is 4.06. The van der Waals surface area contributed by atoms with Gasteiger partial charge in [-0.05, 0) is 36.4 Å². The summed E-state index contributed by atoms with van der Waals surface area (Å²) in [5.41, 5.74) is 1.81. The molecule has 0 aliphatic heterocycles. The molecule has 0 fully saturated rings. The number of carbonyl (C=O) groups excluding carboxylic acids is 1. The van der Waals surface area contributed by atoms with Gasteiger partial charge in [0.05, 0.1) is 0 Å². The molecule has 106 valence electrons. The van der Waals surface area contributed by atoms with Gasteiger partial charge in [0, 0.05) is 16.7 Å². The Kier molecular flexibility index (Phi) is 4.29. The SMILES string of the molecule is O=Cc1ccc(C#Cc2ccc(OC(F)(F)F)cc2)cc1. The average Bonchev–Trinajstić information content (AvgIpc) is 2.45. The van der Waals surface area contributed by atoms with Crippen molar-refractivity contribution in [3.8, 4) is 17.6 Å². The zero-order valence-corrected chi connectivity index (χ0v) is 10.6. The normalized spacial score (nSPS) is 10.4. The monoisotopic (exact) mass is 290 g/mol. The number of aldehydes is 1. The summed E-state index contributed by atoms with van der Waals surface area (Å²) in [7, 11) is 0. The molecule has 2 rings (SSSR count). The molecule has 0 amide bonds. The summed E-state index contributed by atoms with van der Waals surface area (Å²) < 4.78 is 39.8. The molecule has 0 radical (unpaired) electrons. The molecule has 21 heavy (non-hydrogen) atoms. The van der Waals surface area contributed by atoms with Crippen molar-refractivity contribution in [3.05, 3.63) is 65.2 Å². The van der Waals surface area contributed by atoms with Crippen molar-refractivity contribution in [2.24, 2.45) is 0 Å². The first-order valence-corrected chi connectivity index (χ1v) is 5.89. The Balaban J connectivity index is 2.09. The molecular weight excluding hydrogens is 281 g/mol. The number of benzene rings is 2. The van der Waals surface area contributed by atoms with E-state index >= 15 is 0 Å². The van der Waals surface area contributed by atoms with Crippen molar-refractivity contribution in [3.63, 3.8) is 0 Å². The number of carbonyl (C=O) groups is 1. The molecule has 0 aliphatic carbocycles. The van der Waals surface area contributed by atoms with Crippen molar-refractivity contribution >= 4 is 6.29 Å². The first-order chi connectivity index (χ1) is 9.96. The molecule has 0 spiro atoms. The van der Waals surface area contributed by atoms with E-state index in [1.165, 1.54) is 24.3 Å².